The number of amides is 2. The SMILES string of the molecule is CN(C)C1CCN(C(=O)NC2CCCC(C(=O)O)C2)C1. The number of nitrogens with one attached hydrogen (secondary N) is 1. The van der Waals surface area contributed by atoms with E-state index in [0.717, 1.165) is 38.8 Å². The first-order chi connectivity index (χ1) is 9.47. The van der Waals surface area contributed by atoms with Gasteiger partial charge in [0.15, 0.2) is 0 Å². The maximum absolute atomic E-state index is 12.2. The molecule has 6 nitrogen and oxygen atoms in total. The lowest BCUT2D eigenvalue weighted by molar-refractivity contribution is -0.143. The second-order valence-electron chi connectivity index (χ2n) is 6.20. The van der Waals surface area contributed by atoms with E-state index in [1.807, 2.05) is 19.0 Å². The molecule has 0 aromatic heterocycles. The molecule has 2 N–H and O–H groups in total. The highest BCUT2D eigenvalue weighted by atomic mass is 16.4. The van der Waals surface area contributed by atoms with E-state index >= 15 is 0 Å². The van der Waals surface area contributed by atoms with Crippen LogP contribution in [0.4, 0.5) is 4.79 Å². The van der Waals surface area contributed by atoms with E-state index in [2.05, 4.69) is 10.2 Å². The zero-order valence-electron chi connectivity index (χ0n) is 12.3. The molecule has 1 aliphatic carbocycles. The van der Waals surface area contributed by atoms with Crippen molar-refractivity contribution in [1.82, 2.24) is 15.1 Å². The van der Waals surface area contributed by atoms with E-state index in [4.69, 9.17) is 5.11 Å². The van der Waals surface area contributed by atoms with Crippen molar-refractivity contribution in [1.29, 1.82) is 0 Å². The normalized spacial score (nSPS) is 30.6. The Balaban J connectivity index is 1.81. The van der Waals surface area contributed by atoms with Crippen LogP contribution in [0.5, 0.6) is 0 Å². The van der Waals surface area contributed by atoms with Crippen LogP contribution in [0.15, 0.2) is 0 Å². The molecular weight excluding hydrogens is 258 g/mol. The smallest absolute Gasteiger partial charge is 0.317 e. The second kappa shape index (κ2) is 6.43. The fourth-order valence-corrected chi connectivity index (χ4v) is 3.16. The molecule has 3 unspecified atom stereocenters. The Hall–Kier alpha value is -1.30. The van der Waals surface area contributed by atoms with Crippen molar-refractivity contribution in [3.63, 3.8) is 0 Å². The number of rotatable bonds is 3. The van der Waals surface area contributed by atoms with Crippen LogP contribution in [-0.2, 0) is 4.79 Å². The molecule has 1 heterocycles. The Kier molecular flexibility index (Phi) is 4.86. The number of hydrogen-bond donors (Lipinski definition) is 2. The number of hydrogen-bond acceptors (Lipinski definition) is 3. The van der Waals surface area contributed by atoms with Crippen LogP contribution in [0.3, 0.4) is 0 Å². The Morgan fingerprint density at radius 3 is 2.60 bits per heavy atom. The molecular formula is C14H25N3O3. The summed E-state index contributed by atoms with van der Waals surface area (Å²) in [7, 11) is 4.06. The lowest BCUT2D eigenvalue weighted by atomic mass is 9.86. The third-order valence-electron chi connectivity index (χ3n) is 4.53. The third kappa shape index (κ3) is 3.62. The number of carbonyl (C=O) groups is 2. The average Bonchev–Trinajstić information content (AvgIpc) is 2.88. The molecule has 0 aromatic carbocycles. The van der Waals surface area contributed by atoms with Gasteiger partial charge in [-0.25, -0.2) is 4.79 Å². The van der Waals surface area contributed by atoms with E-state index < -0.39 is 5.97 Å². The van der Waals surface area contributed by atoms with Gasteiger partial charge in [-0.2, -0.15) is 0 Å². The molecule has 1 saturated heterocycles. The van der Waals surface area contributed by atoms with Crippen LogP contribution < -0.4 is 5.32 Å². The lowest BCUT2D eigenvalue weighted by Crippen LogP contribution is -2.47. The van der Waals surface area contributed by atoms with E-state index in [0.29, 0.717) is 12.5 Å². The lowest BCUT2D eigenvalue weighted by Gasteiger charge is -2.29. The first-order valence-corrected chi connectivity index (χ1v) is 7.42. The van der Waals surface area contributed by atoms with Crippen LogP contribution in [0.1, 0.15) is 32.1 Å². The fourth-order valence-electron chi connectivity index (χ4n) is 3.16. The fraction of sp³-hybridized carbons (Fsp3) is 0.857. The quantitative estimate of drug-likeness (QED) is 0.809. The van der Waals surface area contributed by atoms with Crippen molar-refractivity contribution in [3.05, 3.63) is 0 Å². The van der Waals surface area contributed by atoms with Gasteiger partial charge in [-0.15, -0.1) is 0 Å². The van der Waals surface area contributed by atoms with Gasteiger partial charge in [0.2, 0.25) is 0 Å². The Morgan fingerprint density at radius 1 is 1.25 bits per heavy atom. The number of likely N-dealkylation sites (tertiary alicyclic amines) is 1. The summed E-state index contributed by atoms with van der Waals surface area (Å²) >= 11 is 0. The van der Waals surface area contributed by atoms with E-state index in [-0.39, 0.29) is 18.0 Å². The number of nitrogens with zero attached hydrogens (tertiary/aromatic N) is 2. The van der Waals surface area contributed by atoms with Crippen molar-refractivity contribution >= 4 is 12.0 Å². The number of aliphatic carboxylic acids is 1. The third-order valence-corrected chi connectivity index (χ3v) is 4.53. The van der Waals surface area contributed by atoms with Gasteiger partial charge in [-0.3, -0.25) is 4.79 Å². The Bertz CT molecular complexity index is 373. The topological polar surface area (TPSA) is 72.9 Å². The van der Waals surface area contributed by atoms with Gasteiger partial charge >= 0.3 is 12.0 Å². The number of carboxylic acids is 1. The van der Waals surface area contributed by atoms with Gasteiger partial charge in [0.1, 0.15) is 0 Å². The maximum atomic E-state index is 12.2. The first-order valence-electron chi connectivity index (χ1n) is 7.42. The number of carbonyl (C=O) groups excluding carboxylic acids is 1. The summed E-state index contributed by atoms with van der Waals surface area (Å²) in [5.41, 5.74) is 0. The predicted molar refractivity (Wildman–Crippen MR) is 75.6 cm³/mol. The Labute approximate surface area is 120 Å². The molecule has 2 fully saturated rings. The minimum absolute atomic E-state index is 0.00996. The highest BCUT2D eigenvalue weighted by Crippen LogP contribution is 2.25. The number of likely N-dealkylation sites (N-methyl/N-ethyl adjacent to an activating group) is 1. The Morgan fingerprint density at radius 2 is 2.00 bits per heavy atom. The molecule has 3 atom stereocenters. The molecule has 1 saturated carbocycles. The zero-order valence-corrected chi connectivity index (χ0v) is 12.3. The average molecular weight is 283 g/mol. The standard InChI is InChI=1S/C14H25N3O3/c1-16(2)12-6-7-17(9-12)14(20)15-11-5-3-4-10(8-11)13(18)19/h10-12H,3-9H2,1-2H3,(H,15,20)(H,18,19). The van der Waals surface area contributed by atoms with Crippen LogP contribution in [0.2, 0.25) is 0 Å². The summed E-state index contributed by atoms with van der Waals surface area (Å²) in [5, 5.41) is 12.1. The monoisotopic (exact) mass is 283 g/mol. The van der Waals surface area contributed by atoms with Crippen LogP contribution in [0, 0.1) is 5.92 Å². The van der Waals surface area contributed by atoms with Gasteiger partial charge in [0.25, 0.3) is 0 Å². The second-order valence-corrected chi connectivity index (χ2v) is 6.20. The number of urea groups is 1. The minimum atomic E-state index is -0.738. The molecule has 2 aliphatic rings. The summed E-state index contributed by atoms with van der Waals surface area (Å²) in [6, 6.07) is 0.403. The summed E-state index contributed by atoms with van der Waals surface area (Å²) < 4.78 is 0. The highest BCUT2D eigenvalue weighted by molar-refractivity contribution is 5.75. The molecule has 114 valence electrons. The summed E-state index contributed by atoms with van der Waals surface area (Å²) in [5.74, 6) is -1.04. The van der Waals surface area contributed by atoms with Crippen LogP contribution in [-0.4, -0.2) is 66.2 Å². The van der Waals surface area contributed by atoms with Crippen LogP contribution in [0.25, 0.3) is 0 Å². The highest BCUT2D eigenvalue weighted by Gasteiger charge is 2.31. The van der Waals surface area contributed by atoms with Crippen molar-refractivity contribution < 1.29 is 14.7 Å². The summed E-state index contributed by atoms with van der Waals surface area (Å²) in [4.78, 5) is 27.2. The predicted octanol–water partition coefficient (Wildman–Crippen LogP) is 0.975. The first kappa shape index (κ1) is 15.1. The van der Waals surface area contributed by atoms with Crippen molar-refractivity contribution in [2.24, 2.45) is 5.92 Å². The van der Waals surface area contributed by atoms with Gasteiger partial charge in [-0.1, -0.05) is 6.42 Å². The zero-order chi connectivity index (χ0) is 14.7. The van der Waals surface area contributed by atoms with Crippen molar-refractivity contribution in [2.45, 2.75) is 44.2 Å². The molecule has 0 aromatic rings. The largest absolute Gasteiger partial charge is 0.481 e. The van der Waals surface area contributed by atoms with Gasteiger partial charge in [-0.05, 0) is 39.8 Å². The van der Waals surface area contributed by atoms with Crippen molar-refractivity contribution in [2.75, 3.05) is 27.2 Å². The van der Waals surface area contributed by atoms with E-state index in [1.54, 1.807) is 0 Å². The van der Waals surface area contributed by atoms with E-state index in [1.165, 1.54) is 0 Å². The molecule has 2 amide bonds. The maximum Gasteiger partial charge on any atom is 0.317 e. The number of carboxylic acid groups (broad SMARTS) is 1. The van der Waals surface area contributed by atoms with Gasteiger partial charge < -0.3 is 20.2 Å². The van der Waals surface area contributed by atoms with Gasteiger partial charge in [0, 0.05) is 25.2 Å². The molecule has 0 spiro atoms. The summed E-state index contributed by atoms with van der Waals surface area (Å²) in [6.07, 6.45) is 4.06. The summed E-state index contributed by atoms with van der Waals surface area (Å²) in [6.45, 7) is 1.54. The molecule has 20 heavy (non-hydrogen) atoms. The molecule has 0 bridgehead atoms. The van der Waals surface area contributed by atoms with Crippen LogP contribution >= 0.6 is 0 Å². The molecule has 6 heteroatoms. The van der Waals surface area contributed by atoms with E-state index in [9.17, 15) is 9.59 Å². The molecule has 1 aliphatic heterocycles. The van der Waals surface area contributed by atoms with Crippen molar-refractivity contribution in [3.8, 4) is 0 Å². The molecule has 0 radical (unpaired) electrons. The van der Waals surface area contributed by atoms with Gasteiger partial charge in [0.05, 0.1) is 5.92 Å². The molecule has 2 rings (SSSR count). The minimum Gasteiger partial charge on any atom is -0.481 e.